The molecule has 26 heavy (non-hydrogen) atoms. The summed E-state index contributed by atoms with van der Waals surface area (Å²) in [6, 6.07) is 10.6. The lowest BCUT2D eigenvalue weighted by atomic mass is 9.99. The van der Waals surface area contributed by atoms with Gasteiger partial charge in [-0.15, -0.1) is 0 Å². The number of ketones is 1. The Kier molecular flexibility index (Phi) is 9.40. The molecule has 1 heterocycles. The van der Waals surface area contributed by atoms with E-state index < -0.39 is 5.91 Å². The molecule has 1 amide bonds. The van der Waals surface area contributed by atoms with Crippen LogP contribution < -0.4 is 5.32 Å². The SMILES string of the molecule is CCCCCCCCC(=O)C(=O)NCCN1CCC(c2ccccc2)C1. The second kappa shape index (κ2) is 11.8. The fraction of sp³-hybridized carbons (Fsp3) is 0.636. The molecule has 0 bridgehead atoms. The predicted molar refractivity (Wildman–Crippen MR) is 106 cm³/mol. The van der Waals surface area contributed by atoms with Crippen LogP contribution >= 0.6 is 0 Å². The Morgan fingerprint density at radius 2 is 1.81 bits per heavy atom. The predicted octanol–water partition coefficient (Wildman–Crippen LogP) is 3.91. The first kappa shape index (κ1) is 20.6. The van der Waals surface area contributed by atoms with Gasteiger partial charge in [-0.3, -0.25) is 9.59 Å². The summed E-state index contributed by atoms with van der Waals surface area (Å²) in [5, 5.41) is 2.79. The molecule has 1 aliphatic heterocycles. The van der Waals surface area contributed by atoms with E-state index in [1.807, 2.05) is 6.07 Å². The third kappa shape index (κ3) is 7.28. The zero-order chi connectivity index (χ0) is 18.6. The minimum absolute atomic E-state index is 0.260. The van der Waals surface area contributed by atoms with E-state index in [9.17, 15) is 9.59 Å². The molecule has 4 nitrogen and oxygen atoms in total. The number of rotatable bonds is 12. The molecule has 1 fully saturated rings. The van der Waals surface area contributed by atoms with Gasteiger partial charge in [0.2, 0.25) is 5.78 Å². The van der Waals surface area contributed by atoms with Crippen molar-refractivity contribution in [2.24, 2.45) is 0 Å². The first-order valence-corrected chi connectivity index (χ1v) is 10.3. The van der Waals surface area contributed by atoms with Crippen LogP contribution in [0.25, 0.3) is 0 Å². The fourth-order valence-corrected chi connectivity index (χ4v) is 3.64. The molecule has 1 N–H and O–H groups in total. The Morgan fingerprint density at radius 1 is 1.08 bits per heavy atom. The second-order valence-electron chi connectivity index (χ2n) is 7.39. The van der Waals surface area contributed by atoms with Gasteiger partial charge < -0.3 is 10.2 Å². The van der Waals surface area contributed by atoms with Crippen molar-refractivity contribution >= 4 is 11.7 Å². The number of hydrogen-bond donors (Lipinski definition) is 1. The molecule has 0 spiro atoms. The lowest BCUT2D eigenvalue weighted by Gasteiger charge is -2.16. The van der Waals surface area contributed by atoms with E-state index in [-0.39, 0.29) is 5.78 Å². The van der Waals surface area contributed by atoms with Crippen LogP contribution in [0.2, 0.25) is 0 Å². The molecule has 1 saturated heterocycles. The van der Waals surface area contributed by atoms with Gasteiger partial charge >= 0.3 is 0 Å². The first-order valence-electron chi connectivity index (χ1n) is 10.3. The smallest absolute Gasteiger partial charge is 0.287 e. The van der Waals surface area contributed by atoms with E-state index in [0.29, 0.717) is 18.9 Å². The molecule has 0 aromatic heterocycles. The Balaban J connectivity index is 1.55. The Hall–Kier alpha value is -1.68. The molecule has 1 unspecified atom stereocenters. The Bertz CT molecular complexity index is 544. The molecule has 1 atom stereocenters. The number of nitrogens with zero attached hydrogens (tertiary/aromatic N) is 1. The summed E-state index contributed by atoms with van der Waals surface area (Å²) < 4.78 is 0. The second-order valence-corrected chi connectivity index (χ2v) is 7.39. The van der Waals surface area contributed by atoms with Gasteiger partial charge in [-0.2, -0.15) is 0 Å². The van der Waals surface area contributed by atoms with Crippen LogP contribution in [-0.2, 0) is 9.59 Å². The van der Waals surface area contributed by atoms with Crippen LogP contribution in [0.3, 0.4) is 0 Å². The topological polar surface area (TPSA) is 49.4 Å². The zero-order valence-corrected chi connectivity index (χ0v) is 16.2. The lowest BCUT2D eigenvalue weighted by Crippen LogP contribution is -2.37. The number of benzene rings is 1. The van der Waals surface area contributed by atoms with Crippen molar-refractivity contribution in [3.05, 3.63) is 35.9 Å². The standard InChI is InChI=1S/C22H34N2O2/c1-2-3-4-5-6-10-13-21(25)22(26)23-15-17-24-16-14-20(18-24)19-11-8-7-9-12-19/h7-9,11-12,20H,2-6,10,13-18H2,1H3,(H,23,26). The molecule has 0 radical (unpaired) electrons. The number of unbranched alkanes of at least 4 members (excludes halogenated alkanes) is 5. The normalized spacial score (nSPS) is 17.3. The fourth-order valence-electron chi connectivity index (χ4n) is 3.64. The average molecular weight is 359 g/mol. The van der Waals surface area contributed by atoms with Gasteiger partial charge in [-0.25, -0.2) is 0 Å². The largest absolute Gasteiger partial charge is 0.348 e. The summed E-state index contributed by atoms with van der Waals surface area (Å²) in [7, 11) is 0. The minimum atomic E-state index is -0.405. The van der Waals surface area contributed by atoms with E-state index >= 15 is 0 Å². The monoisotopic (exact) mass is 358 g/mol. The lowest BCUT2D eigenvalue weighted by molar-refractivity contribution is -0.138. The molecule has 144 valence electrons. The first-order chi connectivity index (χ1) is 12.7. The highest BCUT2D eigenvalue weighted by atomic mass is 16.2. The van der Waals surface area contributed by atoms with Crippen LogP contribution in [0.15, 0.2) is 30.3 Å². The maximum Gasteiger partial charge on any atom is 0.287 e. The molecule has 2 rings (SSSR count). The van der Waals surface area contributed by atoms with Gasteiger partial charge in [-0.05, 0) is 30.9 Å². The number of Topliss-reactive ketones (excluding diaryl/α,β-unsaturated/α-hetero) is 1. The number of nitrogens with one attached hydrogen (secondary N) is 1. The molecule has 1 aromatic rings. The van der Waals surface area contributed by atoms with Crippen LogP contribution in [0.1, 0.15) is 69.8 Å². The van der Waals surface area contributed by atoms with Crippen molar-refractivity contribution in [1.82, 2.24) is 10.2 Å². The quantitative estimate of drug-likeness (QED) is 0.455. The van der Waals surface area contributed by atoms with Gasteiger partial charge in [0.05, 0.1) is 0 Å². The van der Waals surface area contributed by atoms with Crippen molar-refractivity contribution in [3.63, 3.8) is 0 Å². The van der Waals surface area contributed by atoms with Crippen molar-refractivity contribution in [2.75, 3.05) is 26.2 Å². The van der Waals surface area contributed by atoms with Gasteiger partial charge in [0.1, 0.15) is 0 Å². The number of likely N-dealkylation sites (tertiary alicyclic amines) is 1. The van der Waals surface area contributed by atoms with Crippen molar-refractivity contribution in [1.29, 1.82) is 0 Å². The molecule has 1 aromatic carbocycles. The molecular formula is C22H34N2O2. The summed E-state index contributed by atoms with van der Waals surface area (Å²) in [5.74, 6) is -0.0809. The van der Waals surface area contributed by atoms with Gasteiger partial charge in [0.25, 0.3) is 5.91 Å². The van der Waals surface area contributed by atoms with Gasteiger partial charge in [-0.1, -0.05) is 69.4 Å². The number of hydrogen-bond acceptors (Lipinski definition) is 3. The van der Waals surface area contributed by atoms with Gasteiger partial charge in [0.15, 0.2) is 0 Å². The van der Waals surface area contributed by atoms with E-state index in [1.54, 1.807) is 0 Å². The van der Waals surface area contributed by atoms with Gasteiger partial charge in [0, 0.05) is 26.1 Å². The highest BCUT2D eigenvalue weighted by molar-refractivity contribution is 6.36. The van der Waals surface area contributed by atoms with Crippen molar-refractivity contribution in [2.45, 2.75) is 64.2 Å². The highest BCUT2D eigenvalue weighted by Gasteiger charge is 2.23. The van der Waals surface area contributed by atoms with E-state index in [1.165, 1.54) is 31.2 Å². The summed E-state index contributed by atoms with van der Waals surface area (Å²) in [5.41, 5.74) is 1.40. The molecule has 1 aliphatic rings. The van der Waals surface area contributed by atoms with Crippen LogP contribution in [0.5, 0.6) is 0 Å². The van der Waals surface area contributed by atoms with Crippen molar-refractivity contribution < 1.29 is 9.59 Å². The van der Waals surface area contributed by atoms with E-state index in [2.05, 4.69) is 41.4 Å². The zero-order valence-electron chi connectivity index (χ0n) is 16.2. The maximum absolute atomic E-state index is 11.9. The highest BCUT2D eigenvalue weighted by Crippen LogP contribution is 2.26. The van der Waals surface area contributed by atoms with Crippen LogP contribution in [-0.4, -0.2) is 42.8 Å². The van der Waals surface area contributed by atoms with Crippen LogP contribution in [0, 0.1) is 0 Å². The third-order valence-electron chi connectivity index (χ3n) is 5.27. The number of amides is 1. The van der Waals surface area contributed by atoms with Crippen LogP contribution in [0.4, 0.5) is 0 Å². The minimum Gasteiger partial charge on any atom is -0.348 e. The molecule has 4 heteroatoms. The van der Waals surface area contributed by atoms with Crippen molar-refractivity contribution in [3.8, 4) is 0 Å². The summed E-state index contributed by atoms with van der Waals surface area (Å²) in [4.78, 5) is 26.1. The van der Waals surface area contributed by atoms with E-state index in [4.69, 9.17) is 0 Å². The summed E-state index contributed by atoms with van der Waals surface area (Å²) >= 11 is 0. The molecule has 0 aliphatic carbocycles. The molecule has 0 saturated carbocycles. The third-order valence-corrected chi connectivity index (χ3v) is 5.27. The van der Waals surface area contributed by atoms with E-state index in [0.717, 1.165) is 38.9 Å². The Morgan fingerprint density at radius 3 is 2.58 bits per heavy atom. The molecular weight excluding hydrogens is 324 g/mol. The summed E-state index contributed by atoms with van der Waals surface area (Å²) in [6.07, 6.45) is 8.32. The summed E-state index contributed by atoms with van der Waals surface area (Å²) in [6.45, 7) is 5.66. The maximum atomic E-state index is 11.9. The Labute approximate surface area is 158 Å². The number of carbonyl (C=O) groups excluding carboxylic acids is 2. The number of carbonyl (C=O) groups is 2. The average Bonchev–Trinajstić information content (AvgIpc) is 3.14.